The number of thiophene rings is 1. The molecule has 0 atom stereocenters. The lowest BCUT2D eigenvalue weighted by Crippen LogP contribution is -2.15. The molecule has 0 unspecified atom stereocenters. The second kappa shape index (κ2) is 7.96. The van der Waals surface area contributed by atoms with Gasteiger partial charge < -0.3 is 14.8 Å². The Hall–Kier alpha value is -2.94. The summed E-state index contributed by atoms with van der Waals surface area (Å²) in [4.78, 5) is 36.0. The Labute approximate surface area is 153 Å². The van der Waals surface area contributed by atoms with Crippen molar-refractivity contribution in [2.75, 3.05) is 19.0 Å². The van der Waals surface area contributed by atoms with Crippen molar-refractivity contribution < 1.29 is 24.0 Å². The lowest BCUT2D eigenvalue weighted by molar-refractivity contribution is -0.385. The molecule has 138 valence electrons. The molecule has 1 aromatic carbocycles. The zero-order valence-electron chi connectivity index (χ0n) is 14.7. The first-order valence-corrected chi connectivity index (χ1v) is 8.52. The predicted molar refractivity (Wildman–Crippen MR) is 97.4 cm³/mol. The number of ether oxygens (including phenoxy) is 2. The summed E-state index contributed by atoms with van der Waals surface area (Å²) in [6, 6.07) is 3.90. The molecule has 9 heteroatoms. The van der Waals surface area contributed by atoms with E-state index in [1.165, 1.54) is 30.6 Å². The van der Waals surface area contributed by atoms with E-state index in [9.17, 15) is 19.7 Å². The Bertz CT molecular complexity index is 874. The van der Waals surface area contributed by atoms with Crippen molar-refractivity contribution in [3.8, 4) is 5.75 Å². The van der Waals surface area contributed by atoms with Gasteiger partial charge in [0.25, 0.3) is 5.91 Å². The second-order valence-corrected chi connectivity index (χ2v) is 6.53. The fourth-order valence-corrected chi connectivity index (χ4v) is 3.36. The van der Waals surface area contributed by atoms with Crippen LogP contribution in [-0.4, -0.2) is 30.5 Å². The normalized spacial score (nSPS) is 10.3. The Morgan fingerprint density at radius 1 is 1.31 bits per heavy atom. The van der Waals surface area contributed by atoms with Crippen LogP contribution >= 0.6 is 11.3 Å². The van der Waals surface area contributed by atoms with Crippen LogP contribution in [0.15, 0.2) is 18.2 Å². The zero-order valence-corrected chi connectivity index (χ0v) is 15.6. The zero-order chi connectivity index (χ0) is 19.4. The molecule has 0 spiro atoms. The number of hydrogen-bond donors (Lipinski definition) is 1. The molecule has 0 aliphatic carbocycles. The molecule has 0 aliphatic rings. The molecule has 2 rings (SSSR count). The summed E-state index contributed by atoms with van der Waals surface area (Å²) in [6.07, 6.45) is 0. The predicted octanol–water partition coefficient (Wildman–Crippen LogP) is 3.71. The van der Waals surface area contributed by atoms with Crippen molar-refractivity contribution in [1.29, 1.82) is 0 Å². The number of methoxy groups -OCH3 is 1. The number of anilines is 1. The van der Waals surface area contributed by atoms with E-state index in [-0.39, 0.29) is 23.6 Å². The summed E-state index contributed by atoms with van der Waals surface area (Å²) in [6.45, 7) is 5.51. The van der Waals surface area contributed by atoms with Crippen molar-refractivity contribution in [3.63, 3.8) is 0 Å². The molecule has 0 fully saturated rings. The van der Waals surface area contributed by atoms with E-state index in [0.717, 1.165) is 16.5 Å². The number of nitrogens with one attached hydrogen (secondary N) is 1. The van der Waals surface area contributed by atoms with Crippen LogP contribution in [0.1, 0.15) is 38.1 Å². The van der Waals surface area contributed by atoms with Crippen LogP contribution in [0.3, 0.4) is 0 Å². The maximum atomic E-state index is 12.5. The summed E-state index contributed by atoms with van der Waals surface area (Å²) >= 11 is 1.24. The average Bonchev–Trinajstić information content (AvgIpc) is 2.88. The van der Waals surface area contributed by atoms with Gasteiger partial charge in [-0.25, -0.2) is 4.79 Å². The number of hydrogen-bond acceptors (Lipinski definition) is 7. The van der Waals surface area contributed by atoms with Gasteiger partial charge in [-0.2, -0.15) is 0 Å². The van der Waals surface area contributed by atoms with Crippen LogP contribution in [0, 0.1) is 24.0 Å². The lowest BCUT2D eigenvalue weighted by Gasteiger charge is -2.08. The van der Waals surface area contributed by atoms with Crippen molar-refractivity contribution >= 4 is 33.9 Å². The number of amides is 1. The fraction of sp³-hybridized carbons (Fsp3) is 0.294. The first-order chi connectivity index (χ1) is 12.3. The van der Waals surface area contributed by atoms with E-state index in [4.69, 9.17) is 9.47 Å². The van der Waals surface area contributed by atoms with Crippen LogP contribution in [0.2, 0.25) is 0 Å². The van der Waals surface area contributed by atoms with Gasteiger partial charge in [-0.05, 0) is 38.5 Å². The first kappa shape index (κ1) is 19.4. The van der Waals surface area contributed by atoms with Gasteiger partial charge in [-0.15, -0.1) is 11.3 Å². The van der Waals surface area contributed by atoms with Crippen molar-refractivity contribution in [2.45, 2.75) is 20.8 Å². The molecule has 1 amide bonds. The smallest absolute Gasteiger partial charge is 0.341 e. The number of nitro groups is 1. The average molecular weight is 378 g/mol. The van der Waals surface area contributed by atoms with Crippen LogP contribution in [-0.2, 0) is 4.74 Å². The third kappa shape index (κ3) is 3.83. The van der Waals surface area contributed by atoms with E-state index in [1.807, 2.05) is 6.92 Å². The van der Waals surface area contributed by atoms with E-state index in [0.29, 0.717) is 10.6 Å². The van der Waals surface area contributed by atoms with Gasteiger partial charge in [-0.1, -0.05) is 0 Å². The number of benzene rings is 1. The molecular formula is C17H18N2O6S. The minimum Gasteiger partial charge on any atom is -0.490 e. The van der Waals surface area contributed by atoms with Crippen molar-refractivity contribution in [1.82, 2.24) is 0 Å². The molecule has 26 heavy (non-hydrogen) atoms. The van der Waals surface area contributed by atoms with Crippen LogP contribution in [0.5, 0.6) is 5.75 Å². The first-order valence-electron chi connectivity index (χ1n) is 7.71. The Kier molecular flexibility index (Phi) is 5.93. The molecule has 2 aromatic rings. The van der Waals surface area contributed by atoms with Gasteiger partial charge in [0.05, 0.1) is 24.2 Å². The van der Waals surface area contributed by atoms with E-state index < -0.39 is 16.8 Å². The minimum absolute atomic E-state index is 0.0570. The van der Waals surface area contributed by atoms with Crippen LogP contribution < -0.4 is 10.1 Å². The number of esters is 1. The summed E-state index contributed by atoms with van der Waals surface area (Å²) in [7, 11) is 1.31. The molecule has 0 saturated heterocycles. The number of nitrogens with zero attached hydrogens (tertiary/aromatic N) is 1. The highest BCUT2D eigenvalue weighted by atomic mass is 32.1. The Morgan fingerprint density at radius 2 is 2.00 bits per heavy atom. The van der Waals surface area contributed by atoms with Crippen LogP contribution in [0.4, 0.5) is 10.7 Å². The molecule has 0 radical (unpaired) electrons. The Balaban J connectivity index is 2.36. The standard InChI is InChI=1S/C17H18N2O6S/c1-5-25-17(21)14-9(2)10(3)26-16(14)18-15(20)11-6-7-13(24-4)12(8-11)19(22)23/h6-8H,5H2,1-4H3,(H,18,20). The van der Waals surface area contributed by atoms with E-state index in [2.05, 4.69) is 5.32 Å². The number of rotatable bonds is 6. The molecule has 0 bridgehead atoms. The number of nitro benzene ring substituents is 1. The quantitative estimate of drug-likeness (QED) is 0.466. The third-order valence-corrected chi connectivity index (χ3v) is 4.85. The SMILES string of the molecule is CCOC(=O)c1c(NC(=O)c2ccc(OC)c([N+](=O)[O-])c2)sc(C)c1C. The molecule has 1 aromatic heterocycles. The maximum Gasteiger partial charge on any atom is 0.341 e. The van der Waals surface area contributed by atoms with Gasteiger partial charge in [-0.3, -0.25) is 14.9 Å². The summed E-state index contributed by atoms with van der Waals surface area (Å²) in [5.41, 5.74) is 0.787. The maximum absolute atomic E-state index is 12.5. The number of carbonyl (C=O) groups excluding carboxylic acids is 2. The van der Waals surface area contributed by atoms with Crippen molar-refractivity contribution in [3.05, 3.63) is 49.9 Å². The number of aryl methyl sites for hydroxylation is 1. The lowest BCUT2D eigenvalue weighted by atomic mass is 10.1. The van der Waals surface area contributed by atoms with Gasteiger partial charge in [0.1, 0.15) is 5.00 Å². The highest BCUT2D eigenvalue weighted by molar-refractivity contribution is 7.16. The minimum atomic E-state index is -0.626. The van der Waals surface area contributed by atoms with Gasteiger partial charge in [0.15, 0.2) is 5.75 Å². The number of carbonyl (C=O) groups is 2. The molecule has 1 N–H and O–H groups in total. The third-order valence-electron chi connectivity index (χ3n) is 3.73. The molecular weight excluding hydrogens is 360 g/mol. The summed E-state index contributed by atoms with van der Waals surface area (Å²) in [5.74, 6) is -1.03. The summed E-state index contributed by atoms with van der Waals surface area (Å²) < 4.78 is 9.97. The fourth-order valence-electron chi connectivity index (χ4n) is 2.31. The van der Waals surface area contributed by atoms with Gasteiger partial charge in [0, 0.05) is 16.5 Å². The highest BCUT2D eigenvalue weighted by Crippen LogP contribution is 2.34. The molecule has 0 saturated carbocycles. The molecule has 1 heterocycles. The van der Waals surface area contributed by atoms with Gasteiger partial charge >= 0.3 is 11.7 Å². The van der Waals surface area contributed by atoms with Gasteiger partial charge in [0.2, 0.25) is 0 Å². The molecule has 8 nitrogen and oxygen atoms in total. The monoisotopic (exact) mass is 378 g/mol. The summed E-state index contributed by atoms with van der Waals surface area (Å²) in [5, 5.41) is 14.1. The van der Waals surface area contributed by atoms with E-state index in [1.54, 1.807) is 13.8 Å². The van der Waals surface area contributed by atoms with Crippen LogP contribution in [0.25, 0.3) is 0 Å². The highest BCUT2D eigenvalue weighted by Gasteiger charge is 2.24. The Morgan fingerprint density at radius 3 is 2.58 bits per heavy atom. The van der Waals surface area contributed by atoms with E-state index >= 15 is 0 Å². The topological polar surface area (TPSA) is 108 Å². The largest absolute Gasteiger partial charge is 0.490 e. The second-order valence-electron chi connectivity index (χ2n) is 5.31. The van der Waals surface area contributed by atoms with Crippen molar-refractivity contribution in [2.24, 2.45) is 0 Å². The molecule has 0 aliphatic heterocycles.